The number of likely N-dealkylation sites (N-methyl/N-ethyl adjacent to an activating group) is 1. The molecule has 1 aromatic carbocycles. The van der Waals surface area contributed by atoms with Crippen molar-refractivity contribution in [2.45, 2.75) is 25.9 Å². The molecule has 0 aliphatic carbocycles. The summed E-state index contributed by atoms with van der Waals surface area (Å²) in [6.45, 7) is 2.69. The topological polar surface area (TPSA) is 29.9 Å². The van der Waals surface area contributed by atoms with Gasteiger partial charge >= 0.3 is 0 Å². The lowest BCUT2D eigenvalue weighted by Gasteiger charge is -2.19. The van der Waals surface area contributed by atoms with Crippen LogP contribution >= 0.6 is 23.2 Å². The van der Waals surface area contributed by atoms with Crippen molar-refractivity contribution in [1.29, 1.82) is 0 Å². The van der Waals surface area contributed by atoms with E-state index in [1.54, 1.807) is 18.3 Å². The average molecular weight is 316 g/mol. The van der Waals surface area contributed by atoms with Gasteiger partial charge in [0.25, 0.3) is 0 Å². The summed E-state index contributed by atoms with van der Waals surface area (Å²) in [7, 11) is 1.82. The number of nitrogens with one attached hydrogen (secondary N) is 1. The number of aryl methyl sites for hydroxylation is 1. The van der Waals surface area contributed by atoms with Crippen LogP contribution in [0.2, 0.25) is 10.0 Å². The molecule has 0 amide bonds. The Morgan fingerprint density at radius 3 is 2.75 bits per heavy atom. The van der Waals surface area contributed by atoms with Gasteiger partial charge in [0, 0.05) is 6.54 Å². The SMILES string of the molecule is CCn1ncc(Cl)c1C(Cc1cccc(Cl)c1F)NC. The molecule has 1 N–H and O–H groups in total. The molecule has 3 nitrogen and oxygen atoms in total. The van der Waals surface area contributed by atoms with E-state index in [1.807, 2.05) is 18.7 Å². The molecule has 2 aromatic rings. The van der Waals surface area contributed by atoms with Crippen LogP contribution < -0.4 is 5.32 Å². The van der Waals surface area contributed by atoms with Gasteiger partial charge in [-0.3, -0.25) is 4.68 Å². The highest BCUT2D eigenvalue weighted by molar-refractivity contribution is 6.31. The maximum atomic E-state index is 14.0. The zero-order valence-corrected chi connectivity index (χ0v) is 12.8. The first-order valence-electron chi connectivity index (χ1n) is 6.39. The van der Waals surface area contributed by atoms with Crippen LogP contribution in [0, 0.1) is 5.82 Å². The Hall–Kier alpha value is -1.10. The van der Waals surface area contributed by atoms with E-state index in [0.717, 1.165) is 5.69 Å². The molecule has 1 unspecified atom stereocenters. The smallest absolute Gasteiger partial charge is 0.145 e. The molecule has 0 radical (unpaired) electrons. The number of hydrogen-bond acceptors (Lipinski definition) is 2. The van der Waals surface area contributed by atoms with Crippen molar-refractivity contribution in [3.8, 4) is 0 Å². The van der Waals surface area contributed by atoms with Crippen LogP contribution in [0.3, 0.4) is 0 Å². The maximum Gasteiger partial charge on any atom is 0.145 e. The number of hydrogen-bond donors (Lipinski definition) is 1. The number of halogens is 3. The van der Waals surface area contributed by atoms with Crippen LogP contribution in [0.25, 0.3) is 0 Å². The molecule has 6 heteroatoms. The zero-order chi connectivity index (χ0) is 14.7. The summed E-state index contributed by atoms with van der Waals surface area (Å²) in [6, 6.07) is 4.88. The predicted molar refractivity (Wildman–Crippen MR) is 79.8 cm³/mol. The van der Waals surface area contributed by atoms with E-state index in [2.05, 4.69) is 10.4 Å². The molecule has 1 heterocycles. The van der Waals surface area contributed by atoms with Crippen molar-refractivity contribution in [2.24, 2.45) is 0 Å². The minimum atomic E-state index is -0.381. The van der Waals surface area contributed by atoms with Crippen LogP contribution in [-0.2, 0) is 13.0 Å². The number of benzene rings is 1. The molecule has 2 rings (SSSR count). The van der Waals surface area contributed by atoms with Gasteiger partial charge in [0.15, 0.2) is 0 Å². The molecular formula is C14H16Cl2FN3. The van der Waals surface area contributed by atoms with Crippen LogP contribution in [0.15, 0.2) is 24.4 Å². The second-order valence-electron chi connectivity index (χ2n) is 4.45. The van der Waals surface area contributed by atoms with Gasteiger partial charge in [-0.1, -0.05) is 35.3 Å². The summed E-state index contributed by atoms with van der Waals surface area (Å²) in [4.78, 5) is 0. The summed E-state index contributed by atoms with van der Waals surface area (Å²) in [5.74, 6) is -0.381. The lowest BCUT2D eigenvalue weighted by atomic mass is 10.0. The van der Waals surface area contributed by atoms with Crippen molar-refractivity contribution in [2.75, 3.05) is 7.05 Å². The van der Waals surface area contributed by atoms with E-state index in [-0.39, 0.29) is 16.9 Å². The molecule has 1 aromatic heterocycles. The van der Waals surface area contributed by atoms with Crippen LogP contribution in [0.4, 0.5) is 4.39 Å². The van der Waals surface area contributed by atoms with Gasteiger partial charge in [0.1, 0.15) is 5.82 Å². The normalized spacial score (nSPS) is 12.7. The molecule has 1 atom stereocenters. The fraction of sp³-hybridized carbons (Fsp3) is 0.357. The van der Waals surface area contributed by atoms with Gasteiger partial charge in [-0.15, -0.1) is 0 Å². The highest BCUT2D eigenvalue weighted by Crippen LogP contribution is 2.28. The van der Waals surface area contributed by atoms with Crippen molar-refractivity contribution in [1.82, 2.24) is 15.1 Å². The van der Waals surface area contributed by atoms with Crippen molar-refractivity contribution in [3.05, 3.63) is 51.5 Å². The van der Waals surface area contributed by atoms with Gasteiger partial charge < -0.3 is 5.32 Å². The Morgan fingerprint density at radius 2 is 2.10 bits per heavy atom. The minimum absolute atomic E-state index is 0.127. The van der Waals surface area contributed by atoms with Gasteiger partial charge in [-0.25, -0.2) is 4.39 Å². The monoisotopic (exact) mass is 315 g/mol. The summed E-state index contributed by atoms with van der Waals surface area (Å²) >= 11 is 12.0. The molecule has 0 bridgehead atoms. The Bertz CT molecular complexity index is 598. The lowest BCUT2D eigenvalue weighted by molar-refractivity contribution is 0.502. The van der Waals surface area contributed by atoms with Gasteiger partial charge in [0.05, 0.1) is 28.0 Å². The highest BCUT2D eigenvalue weighted by atomic mass is 35.5. The molecule has 0 saturated heterocycles. The van der Waals surface area contributed by atoms with E-state index in [9.17, 15) is 4.39 Å². The van der Waals surface area contributed by atoms with Crippen molar-refractivity contribution < 1.29 is 4.39 Å². The summed E-state index contributed by atoms with van der Waals surface area (Å²) in [5.41, 5.74) is 1.41. The predicted octanol–water partition coefficient (Wildman–Crippen LogP) is 3.85. The Kier molecular flexibility index (Phi) is 5.02. The average Bonchev–Trinajstić information content (AvgIpc) is 2.82. The second kappa shape index (κ2) is 6.57. The summed E-state index contributed by atoms with van der Waals surface area (Å²) in [5, 5.41) is 8.08. The lowest BCUT2D eigenvalue weighted by Crippen LogP contribution is -2.23. The second-order valence-corrected chi connectivity index (χ2v) is 5.27. The van der Waals surface area contributed by atoms with E-state index >= 15 is 0 Å². The molecule has 0 spiro atoms. The van der Waals surface area contributed by atoms with Gasteiger partial charge in [-0.2, -0.15) is 5.10 Å². The van der Waals surface area contributed by atoms with Crippen molar-refractivity contribution in [3.63, 3.8) is 0 Å². The molecule has 108 valence electrons. The largest absolute Gasteiger partial charge is 0.311 e. The Labute approximate surface area is 127 Å². The number of aromatic nitrogens is 2. The van der Waals surface area contributed by atoms with E-state index < -0.39 is 0 Å². The maximum absolute atomic E-state index is 14.0. The fourth-order valence-corrected chi connectivity index (χ4v) is 2.70. The summed E-state index contributed by atoms with van der Waals surface area (Å²) < 4.78 is 15.8. The molecule has 0 aliphatic heterocycles. The third-order valence-electron chi connectivity index (χ3n) is 3.27. The number of nitrogens with zero attached hydrogens (tertiary/aromatic N) is 2. The molecular weight excluding hydrogens is 300 g/mol. The van der Waals surface area contributed by atoms with Crippen LogP contribution in [0.1, 0.15) is 24.2 Å². The zero-order valence-electron chi connectivity index (χ0n) is 11.3. The van der Waals surface area contributed by atoms with Crippen LogP contribution in [0.5, 0.6) is 0 Å². The van der Waals surface area contributed by atoms with Gasteiger partial charge in [0.2, 0.25) is 0 Å². The van der Waals surface area contributed by atoms with Crippen molar-refractivity contribution >= 4 is 23.2 Å². The Morgan fingerprint density at radius 1 is 1.35 bits per heavy atom. The first-order valence-corrected chi connectivity index (χ1v) is 7.15. The standard InChI is InChI=1S/C14H16Cl2FN3/c1-3-20-14(11(16)8-19-20)12(18-2)7-9-5-4-6-10(15)13(9)17/h4-6,8,12,18H,3,7H2,1-2H3. The summed E-state index contributed by atoms with van der Waals surface area (Å²) in [6.07, 6.45) is 2.06. The highest BCUT2D eigenvalue weighted by Gasteiger charge is 2.20. The first-order chi connectivity index (χ1) is 9.58. The minimum Gasteiger partial charge on any atom is -0.311 e. The third-order valence-corrected chi connectivity index (χ3v) is 3.85. The molecule has 0 aliphatic rings. The first kappa shape index (κ1) is 15.3. The quantitative estimate of drug-likeness (QED) is 0.908. The van der Waals surface area contributed by atoms with E-state index in [0.29, 0.717) is 23.6 Å². The Balaban J connectivity index is 2.34. The van der Waals surface area contributed by atoms with Crippen LogP contribution in [-0.4, -0.2) is 16.8 Å². The molecule has 0 saturated carbocycles. The van der Waals surface area contributed by atoms with E-state index in [1.165, 1.54) is 6.07 Å². The number of rotatable bonds is 5. The van der Waals surface area contributed by atoms with E-state index in [4.69, 9.17) is 23.2 Å². The van der Waals surface area contributed by atoms with Gasteiger partial charge in [-0.05, 0) is 32.0 Å². The molecule has 20 heavy (non-hydrogen) atoms. The third kappa shape index (κ3) is 2.97. The fourth-order valence-electron chi connectivity index (χ4n) is 2.23. The molecule has 0 fully saturated rings.